The summed E-state index contributed by atoms with van der Waals surface area (Å²) in [5.74, 6) is 0. The third-order valence-electron chi connectivity index (χ3n) is 4.15. The third-order valence-corrected chi connectivity index (χ3v) is 6.15. The van der Waals surface area contributed by atoms with Gasteiger partial charge in [-0.1, -0.05) is 17.7 Å². The average molecular weight is 421 g/mol. The summed E-state index contributed by atoms with van der Waals surface area (Å²) in [6, 6.07) is 9.62. The van der Waals surface area contributed by atoms with E-state index in [1.807, 2.05) is 0 Å². The van der Waals surface area contributed by atoms with E-state index >= 15 is 0 Å². The van der Waals surface area contributed by atoms with Gasteiger partial charge >= 0.3 is 5.69 Å². The molecule has 10 heteroatoms. The zero-order valence-corrected chi connectivity index (χ0v) is 16.7. The van der Waals surface area contributed by atoms with Gasteiger partial charge in [-0.2, -0.15) is 0 Å². The fourth-order valence-corrected chi connectivity index (χ4v) is 4.38. The van der Waals surface area contributed by atoms with E-state index in [1.54, 1.807) is 42.6 Å². The summed E-state index contributed by atoms with van der Waals surface area (Å²) in [6.07, 6.45) is 4.15. The topological polar surface area (TPSA) is 94.3 Å². The van der Waals surface area contributed by atoms with E-state index in [9.17, 15) is 18.0 Å². The molecule has 0 aliphatic heterocycles. The Hall–Kier alpha value is -2.91. The largest absolute Gasteiger partial charge is 0.330 e. The predicted molar refractivity (Wildman–Crippen MR) is 106 cm³/mol. The van der Waals surface area contributed by atoms with Gasteiger partial charge in [0.1, 0.15) is 0 Å². The molecule has 0 radical (unpaired) electrons. The first-order valence-electron chi connectivity index (χ1n) is 8.15. The van der Waals surface area contributed by atoms with E-state index in [4.69, 9.17) is 11.6 Å². The lowest BCUT2D eigenvalue weighted by atomic mass is 10.2. The van der Waals surface area contributed by atoms with Crippen LogP contribution < -0.4 is 15.6 Å². The van der Waals surface area contributed by atoms with Crippen LogP contribution in [0.5, 0.6) is 0 Å². The molecule has 0 saturated carbocycles. The molecule has 8 nitrogen and oxygen atoms in total. The van der Waals surface area contributed by atoms with Crippen LogP contribution in [-0.4, -0.2) is 22.5 Å². The molecular formula is C18H17ClN4O4S. The lowest BCUT2D eigenvalue weighted by Gasteiger charge is -2.24. The van der Waals surface area contributed by atoms with Crippen LogP contribution in [0.2, 0.25) is 5.02 Å². The van der Waals surface area contributed by atoms with Crippen molar-refractivity contribution in [1.29, 1.82) is 0 Å². The van der Waals surface area contributed by atoms with E-state index in [1.165, 1.54) is 20.3 Å². The SMILES string of the molecule is Cn1cc(S(=O)(=O)N(Cc2cccnc2)c2ccc(Cl)cc2)c(=O)n(C)c1=O. The lowest BCUT2D eigenvalue weighted by Crippen LogP contribution is -2.42. The van der Waals surface area contributed by atoms with Gasteiger partial charge in [0.2, 0.25) is 0 Å². The number of hydrogen-bond donors (Lipinski definition) is 0. The molecule has 0 unspecified atom stereocenters. The highest BCUT2D eigenvalue weighted by atomic mass is 35.5. The van der Waals surface area contributed by atoms with Crippen LogP contribution in [0.3, 0.4) is 0 Å². The van der Waals surface area contributed by atoms with Crippen molar-refractivity contribution in [2.75, 3.05) is 4.31 Å². The molecule has 0 atom stereocenters. The number of anilines is 1. The Morgan fingerprint density at radius 2 is 1.79 bits per heavy atom. The molecule has 2 heterocycles. The van der Waals surface area contributed by atoms with Crippen LogP contribution in [-0.2, 0) is 30.7 Å². The number of nitrogens with zero attached hydrogens (tertiary/aromatic N) is 4. The fraction of sp³-hybridized carbons (Fsp3) is 0.167. The summed E-state index contributed by atoms with van der Waals surface area (Å²) >= 11 is 5.92. The van der Waals surface area contributed by atoms with Gasteiger partial charge in [0.05, 0.1) is 12.2 Å². The molecule has 0 fully saturated rings. The molecule has 0 spiro atoms. The zero-order valence-electron chi connectivity index (χ0n) is 15.1. The molecule has 0 bridgehead atoms. The lowest BCUT2D eigenvalue weighted by molar-refractivity contribution is 0.579. The van der Waals surface area contributed by atoms with Gasteiger partial charge in [-0.3, -0.25) is 18.7 Å². The molecule has 0 aliphatic rings. The van der Waals surface area contributed by atoms with E-state index in [-0.39, 0.29) is 6.54 Å². The Kier molecular flexibility index (Phi) is 5.39. The van der Waals surface area contributed by atoms with Gasteiger partial charge in [-0.05, 0) is 35.9 Å². The zero-order chi connectivity index (χ0) is 20.5. The van der Waals surface area contributed by atoms with E-state index < -0.39 is 26.2 Å². The van der Waals surface area contributed by atoms with Crippen molar-refractivity contribution in [3.05, 3.63) is 86.4 Å². The average Bonchev–Trinajstić information content (AvgIpc) is 2.68. The van der Waals surface area contributed by atoms with Crippen molar-refractivity contribution in [2.24, 2.45) is 14.1 Å². The summed E-state index contributed by atoms with van der Waals surface area (Å²) < 4.78 is 29.7. The molecule has 0 aliphatic carbocycles. The first kappa shape index (κ1) is 19.8. The summed E-state index contributed by atoms with van der Waals surface area (Å²) in [4.78, 5) is 28.0. The van der Waals surface area contributed by atoms with Crippen molar-refractivity contribution < 1.29 is 8.42 Å². The second-order valence-corrected chi connectivity index (χ2v) is 8.37. The number of halogens is 1. The van der Waals surface area contributed by atoms with Crippen molar-refractivity contribution in [3.63, 3.8) is 0 Å². The number of hydrogen-bond acceptors (Lipinski definition) is 5. The second kappa shape index (κ2) is 7.61. The highest BCUT2D eigenvalue weighted by Crippen LogP contribution is 2.25. The highest BCUT2D eigenvalue weighted by Gasteiger charge is 2.29. The fourth-order valence-electron chi connectivity index (χ4n) is 2.65. The summed E-state index contributed by atoms with van der Waals surface area (Å²) in [7, 11) is -1.67. The number of sulfonamides is 1. The third kappa shape index (κ3) is 3.71. The van der Waals surface area contributed by atoms with Crippen molar-refractivity contribution in [2.45, 2.75) is 11.4 Å². The molecule has 3 rings (SSSR count). The van der Waals surface area contributed by atoms with E-state index in [0.717, 1.165) is 19.6 Å². The van der Waals surface area contributed by atoms with Crippen LogP contribution in [0.1, 0.15) is 5.56 Å². The first-order chi connectivity index (χ1) is 13.2. The Morgan fingerprint density at radius 1 is 1.11 bits per heavy atom. The van der Waals surface area contributed by atoms with Gasteiger partial charge in [-0.15, -0.1) is 0 Å². The number of aromatic nitrogens is 3. The molecule has 1 aromatic carbocycles. The molecule has 146 valence electrons. The summed E-state index contributed by atoms with van der Waals surface area (Å²) in [6.45, 7) is -0.0518. The Bertz CT molecular complexity index is 1220. The summed E-state index contributed by atoms with van der Waals surface area (Å²) in [5, 5.41) is 0.445. The molecule has 3 aromatic rings. The molecule has 28 heavy (non-hydrogen) atoms. The van der Waals surface area contributed by atoms with Crippen LogP contribution >= 0.6 is 11.6 Å². The van der Waals surface area contributed by atoms with Gasteiger partial charge in [0.15, 0.2) is 4.90 Å². The molecule has 0 saturated heterocycles. The van der Waals surface area contributed by atoms with Crippen LogP contribution in [0.15, 0.2) is 69.5 Å². The first-order valence-corrected chi connectivity index (χ1v) is 9.97. The minimum absolute atomic E-state index is 0.0518. The van der Waals surface area contributed by atoms with Crippen LogP contribution in [0.4, 0.5) is 5.69 Å². The van der Waals surface area contributed by atoms with Crippen molar-refractivity contribution in [3.8, 4) is 0 Å². The smallest absolute Gasteiger partial charge is 0.302 e. The number of rotatable bonds is 5. The normalized spacial score (nSPS) is 11.4. The molecule has 2 aromatic heterocycles. The van der Waals surface area contributed by atoms with Crippen molar-refractivity contribution >= 4 is 27.3 Å². The van der Waals surface area contributed by atoms with Gasteiger partial charge in [0, 0.05) is 37.7 Å². The van der Waals surface area contributed by atoms with Gasteiger partial charge in [0.25, 0.3) is 15.6 Å². The molecular weight excluding hydrogens is 404 g/mol. The Labute approximate surface area is 166 Å². The molecule has 0 amide bonds. The molecule has 0 N–H and O–H groups in total. The van der Waals surface area contributed by atoms with Gasteiger partial charge in [-0.25, -0.2) is 13.2 Å². The number of pyridine rings is 1. The van der Waals surface area contributed by atoms with Gasteiger partial charge < -0.3 is 4.57 Å². The second-order valence-electron chi connectivity index (χ2n) is 6.10. The highest BCUT2D eigenvalue weighted by molar-refractivity contribution is 7.92. The maximum absolute atomic E-state index is 13.4. The van der Waals surface area contributed by atoms with E-state index in [0.29, 0.717) is 16.3 Å². The quantitative estimate of drug-likeness (QED) is 0.623. The minimum Gasteiger partial charge on any atom is -0.302 e. The Balaban J connectivity index is 2.20. The summed E-state index contributed by atoms with van der Waals surface area (Å²) in [5.41, 5.74) is -0.561. The van der Waals surface area contributed by atoms with Crippen LogP contribution in [0, 0.1) is 0 Å². The number of benzene rings is 1. The monoisotopic (exact) mass is 420 g/mol. The maximum Gasteiger partial charge on any atom is 0.330 e. The van der Waals surface area contributed by atoms with Crippen LogP contribution in [0.25, 0.3) is 0 Å². The standard InChI is InChI=1S/C18H17ClN4O4S/c1-21-12-16(17(24)22(2)18(21)25)28(26,27)23(11-13-4-3-9-20-10-13)15-7-5-14(19)6-8-15/h3-10,12H,11H2,1-2H3. The maximum atomic E-state index is 13.4. The van der Waals surface area contributed by atoms with E-state index in [2.05, 4.69) is 4.98 Å². The number of aryl methyl sites for hydroxylation is 1. The predicted octanol–water partition coefficient (Wildman–Crippen LogP) is 1.53. The van der Waals surface area contributed by atoms with Crippen molar-refractivity contribution in [1.82, 2.24) is 14.1 Å². The minimum atomic E-state index is -4.29. The Morgan fingerprint density at radius 3 is 2.39 bits per heavy atom.